The summed E-state index contributed by atoms with van der Waals surface area (Å²) in [6, 6.07) is 14.3. The Labute approximate surface area is 199 Å². The summed E-state index contributed by atoms with van der Waals surface area (Å²) in [5, 5.41) is 0.709. The first-order valence-electron chi connectivity index (χ1n) is 10.8. The first-order valence-corrected chi connectivity index (χ1v) is 12.6. The van der Waals surface area contributed by atoms with Crippen LogP contribution in [0.2, 0.25) is 5.02 Å². The Morgan fingerprint density at radius 2 is 1.94 bits per heavy atom. The number of aryl methyl sites for hydroxylation is 2. The SMILES string of the molecule is Cc1ccc(S(=O)(=O)OC[C@@H]2CO[C@](CCCc3ccc(Cl)cc3)(Cn3ccnc3)O2)cc1. The van der Waals surface area contributed by atoms with Crippen LogP contribution in [0.5, 0.6) is 0 Å². The maximum absolute atomic E-state index is 12.5. The fourth-order valence-corrected chi connectivity index (χ4v) is 4.86. The number of benzene rings is 2. The number of aromatic nitrogens is 2. The van der Waals surface area contributed by atoms with Crippen molar-refractivity contribution in [2.24, 2.45) is 0 Å². The molecule has 7 nitrogen and oxygen atoms in total. The van der Waals surface area contributed by atoms with Crippen LogP contribution in [-0.2, 0) is 36.7 Å². The summed E-state index contributed by atoms with van der Waals surface area (Å²) >= 11 is 5.97. The molecule has 0 N–H and O–H groups in total. The van der Waals surface area contributed by atoms with E-state index in [4.69, 9.17) is 25.3 Å². The summed E-state index contributed by atoms with van der Waals surface area (Å²) in [6.45, 7) is 2.49. The predicted octanol–water partition coefficient (Wildman–Crippen LogP) is 4.39. The molecule has 1 aromatic heterocycles. The van der Waals surface area contributed by atoms with E-state index in [-0.39, 0.29) is 18.1 Å². The summed E-state index contributed by atoms with van der Waals surface area (Å²) in [4.78, 5) is 4.22. The molecule has 0 aliphatic carbocycles. The van der Waals surface area contributed by atoms with Crippen molar-refractivity contribution in [1.82, 2.24) is 9.55 Å². The van der Waals surface area contributed by atoms with Gasteiger partial charge in [-0.25, -0.2) is 4.98 Å². The standard InChI is InChI=1S/C24H27ClN2O5S/c1-19-4-10-23(11-5-19)33(28,29)31-16-22-15-30-24(32-22,17-27-14-13-26-18-27)12-2-3-20-6-8-21(25)9-7-20/h4-11,13-14,18,22H,2-3,12,15-17H2,1H3/t22-,24-/m0/s1. The Morgan fingerprint density at radius 3 is 2.64 bits per heavy atom. The van der Waals surface area contributed by atoms with Crippen LogP contribution in [0.3, 0.4) is 0 Å². The van der Waals surface area contributed by atoms with Crippen molar-refractivity contribution in [3.8, 4) is 0 Å². The van der Waals surface area contributed by atoms with E-state index in [2.05, 4.69) is 4.98 Å². The molecule has 1 aliphatic rings. The third kappa shape index (κ3) is 6.43. The lowest BCUT2D eigenvalue weighted by Gasteiger charge is -2.28. The molecule has 0 saturated carbocycles. The van der Waals surface area contributed by atoms with Crippen LogP contribution in [0.25, 0.3) is 0 Å². The van der Waals surface area contributed by atoms with Gasteiger partial charge >= 0.3 is 0 Å². The molecule has 3 aromatic rings. The topological polar surface area (TPSA) is 79.7 Å². The number of hydrogen-bond donors (Lipinski definition) is 0. The molecule has 4 rings (SSSR count). The average Bonchev–Trinajstić information content (AvgIpc) is 3.45. The summed E-state index contributed by atoms with van der Waals surface area (Å²) in [5.74, 6) is -0.880. The zero-order valence-electron chi connectivity index (χ0n) is 18.4. The molecule has 2 heterocycles. The van der Waals surface area contributed by atoms with Gasteiger partial charge in [-0.05, 0) is 49.6 Å². The minimum atomic E-state index is -3.87. The van der Waals surface area contributed by atoms with E-state index in [1.54, 1.807) is 24.7 Å². The third-order valence-corrected chi connectivity index (χ3v) is 7.10. The minimum absolute atomic E-state index is 0.112. The molecular formula is C24H27ClN2O5S. The van der Waals surface area contributed by atoms with Gasteiger partial charge in [-0.15, -0.1) is 0 Å². The number of hydrogen-bond acceptors (Lipinski definition) is 6. The van der Waals surface area contributed by atoms with Crippen LogP contribution in [0.1, 0.15) is 24.0 Å². The molecular weight excluding hydrogens is 464 g/mol. The fraction of sp³-hybridized carbons (Fsp3) is 0.375. The molecule has 9 heteroatoms. The Morgan fingerprint density at radius 1 is 1.18 bits per heavy atom. The van der Waals surface area contributed by atoms with Crippen LogP contribution in [0, 0.1) is 6.92 Å². The zero-order valence-corrected chi connectivity index (χ0v) is 20.0. The molecule has 0 bridgehead atoms. The highest BCUT2D eigenvalue weighted by Crippen LogP contribution is 2.32. The van der Waals surface area contributed by atoms with Crippen molar-refractivity contribution in [2.45, 2.75) is 49.5 Å². The van der Waals surface area contributed by atoms with Gasteiger partial charge in [0.05, 0.1) is 31.0 Å². The number of ether oxygens (including phenoxy) is 2. The quantitative estimate of drug-likeness (QED) is 0.392. The first kappa shape index (κ1) is 23.9. The number of halogens is 1. The van der Waals surface area contributed by atoms with Gasteiger partial charge in [-0.2, -0.15) is 8.42 Å². The van der Waals surface area contributed by atoms with Crippen molar-refractivity contribution in [2.75, 3.05) is 13.2 Å². The van der Waals surface area contributed by atoms with Gasteiger partial charge in [0, 0.05) is 23.8 Å². The predicted molar refractivity (Wildman–Crippen MR) is 124 cm³/mol. The number of nitrogens with zero attached hydrogens (tertiary/aromatic N) is 2. The van der Waals surface area contributed by atoms with Crippen molar-refractivity contribution in [1.29, 1.82) is 0 Å². The van der Waals surface area contributed by atoms with Crippen LogP contribution in [-0.4, -0.2) is 43.1 Å². The highest BCUT2D eigenvalue weighted by Gasteiger charge is 2.42. The Kier molecular flexibility index (Phi) is 7.51. The molecule has 1 saturated heterocycles. The second-order valence-corrected chi connectivity index (χ2v) is 10.3. The second-order valence-electron chi connectivity index (χ2n) is 8.23. The van der Waals surface area contributed by atoms with Crippen LogP contribution < -0.4 is 0 Å². The van der Waals surface area contributed by atoms with E-state index >= 15 is 0 Å². The molecule has 176 valence electrons. The Balaban J connectivity index is 1.38. The Bertz CT molecular complexity index is 1130. The van der Waals surface area contributed by atoms with E-state index in [0.29, 0.717) is 18.0 Å². The molecule has 0 unspecified atom stereocenters. The van der Waals surface area contributed by atoms with E-state index in [1.807, 2.05) is 42.0 Å². The van der Waals surface area contributed by atoms with Gasteiger partial charge in [-0.3, -0.25) is 4.18 Å². The monoisotopic (exact) mass is 490 g/mol. The van der Waals surface area contributed by atoms with Crippen LogP contribution >= 0.6 is 11.6 Å². The van der Waals surface area contributed by atoms with Crippen molar-refractivity contribution >= 4 is 21.7 Å². The lowest BCUT2D eigenvalue weighted by atomic mass is 10.0. The molecule has 0 spiro atoms. The zero-order chi connectivity index (χ0) is 23.3. The molecule has 0 radical (unpaired) electrons. The molecule has 0 amide bonds. The molecule has 1 aliphatic heterocycles. The lowest BCUT2D eigenvalue weighted by molar-refractivity contribution is -0.185. The summed E-state index contributed by atoms with van der Waals surface area (Å²) < 4.78 is 44.6. The summed E-state index contributed by atoms with van der Waals surface area (Å²) in [7, 11) is -3.87. The van der Waals surface area contributed by atoms with Crippen LogP contribution in [0.4, 0.5) is 0 Å². The largest absolute Gasteiger partial charge is 0.345 e. The van der Waals surface area contributed by atoms with Gasteiger partial charge in [0.15, 0.2) is 5.79 Å². The smallest absolute Gasteiger partial charge is 0.297 e. The van der Waals surface area contributed by atoms with Gasteiger partial charge < -0.3 is 14.0 Å². The first-order chi connectivity index (χ1) is 15.8. The summed E-state index contributed by atoms with van der Waals surface area (Å²) in [6.07, 6.45) is 7.06. The second kappa shape index (κ2) is 10.4. The van der Waals surface area contributed by atoms with Crippen molar-refractivity contribution < 1.29 is 22.1 Å². The van der Waals surface area contributed by atoms with Crippen LogP contribution in [0.15, 0.2) is 72.1 Å². The third-order valence-electron chi connectivity index (χ3n) is 5.55. The van der Waals surface area contributed by atoms with Gasteiger partial charge in [0.1, 0.15) is 6.10 Å². The summed E-state index contributed by atoms with van der Waals surface area (Å²) in [5.41, 5.74) is 2.16. The molecule has 33 heavy (non-hydrogen) atoms. The highest BCUT2D eigenvalue weighted by atomic mass is 35.5. The van der Waals surface area contributed by atoms with Gasteiger partial charge in [0.2, 0.25) is 0 Å². The van der Waals surface area contributed by atoms with E-state index in [0.717, 1.165) is 18.4 Å². The van der Waals surface area contributed by atoms with Crippen molar-refractivity contribution in [3.05, 3.63) is 83.4 Å². The Hall–Kier alpha value is -2.23. The van der Waals surface area contributed by atoms with E-state index in [1.165, 1.54) is 17.7 Å². The number of imidazole rings is 1. The van der Waals surface area contributed by atoms with E-state index < -0.39 is 22.0 Å². The number of rotatable bonds is 10. The normalized spacial score (nSPS) is 20.8. The maximum atomic E-state index is 12.5. The maximum Gasteiger partial charge on any atom is 0.297 e. The molecule has 2 aromatic carbocycles. The fourth-order valence-electron chi connectivity index (χ4n) is 3.80. The van der Waals surface area contributed by atoms with Gasteiger partial charge in [0.25, 0.3) is 10.1 Å². The molecule has 1 fully saturated rings. The average molecular weight is 491 g/mol. The lowest BCUT2D eigenvalue weighted by Crippen LogP contribution is -2.37. The minimum Gasteiger partial charge on any atom is -0.345 e. The highest BCUT2D eigenvalue weighted by molar-refractivity contribution is 7.86. The van der Waals surface area contributed by atoms with Crippen molar-refractivity contribution in [3.63, 3.8) is 0 Å². The molecule has 2 atom stereocenters. The van der Waals surface area contributed by atoms with E-state index in [9.17, 15) is 8.42 Å². The van der Waals surface area contributed by atoms with Gasteiger partial charge in [-0.1, -0.05) is 41.4 Å².